The summed E-state index contributed by atoms with van der Waals surface area (Å²) in [5, 5.41) is 6.44. The van der Waals surface area contributed by atoms with E-state index in [0.717, 1.165) is 32.5 Å². The summed E-state index contributed by atoms with van der Waals surface area (Å²) in [6.45, 7) is 7.07. The molecule has 1 saturated heterocycles. The van der Waals surface area contributed by atoms with Crippen molar-refractivity contribution in [2.45, 2.75) is 39.5 Å². The minimum absolute atomic E-state index is 0.120. The topological polar surface area (TPSA) is 41.1 Å². The van der Waals surface area contributed by atoms with Crippen molar-refractivity contribution in [3.8, 4) is 0 Å². The molecule has 2 rings (SSSR count). The maximum Gasteiger partial charge on any atom is 0.227 e. The van der Waals surface area contributed by atoms with Crippen molar-refractivity contribution < 1.29 is 4.79 Å². The van der Waals surface area contributed by atoms with E-state index in [4.69, 9.17) is 0 Å². The molecule has 1 atom stereocenters. The first-order valence-corrected chi connectivity index (χ1v) is 6.09. The van der Waals surface area contributed by atoms with Gasteiger partial charge in [-0.2, -0.15) is 0 Å². The molecule has 15 heavy (non-hydrogen) atoms. The highest BCUT2D eigenvalue weighted by atomic mass is 16.2. The number of rotatable bonds is 4. The molecule has 1 heterocycles. The van der Waals surface area contributed by atoms with Crippen LogP contribution < -0.4 is 10.6 Å². The molecule has 0 bridgehead atoms. The Morgan fingerprint density at radius 3 is 2.60 bits per heavy atom. The minimum Gasteiger partial charge on any atom is -0.355 e. The number of carbonyl (C=O) groups excluding carboxylic acids is 1. The highest BCUT2D eigenvalue weighted by Gasteiger charge is 2.42. The first-order valence-electron chi connectivity index (χ1n) is 6.09. The second-order valence-electron chi connectivity index (χ2n) is 5.55. The van der Waals surface area contributed by atoms with Crippen LogP contribution in [-0.4, -0.2) is 25.5 Å². The lowest BCUT2D eigenvalue weighted by Crippen LogP contribution is -2.43. The lowest BCUT2D eigenvalue weighted by Gasteiger charge is -2.26. The zero-order valence-corrected chi connectivity index (χ0v) is 9.86. The Kier molecular flexibility index (Phi) is 2.75. The van der Waals surface area contributed by atoms with E-state index in [9.17, 15) is 4.79 Å². The van der Waals surface area contributed by atoms with E-state index in [1.807, 2.05) is 0 Å². The molecule has 86 valence electrons. The zero-order chi connectivity index (χ0) is 10.9. The number of amides is 1. The lowest BCUT2D eigenvalue weighted by atomic mass is 9.83. The fraction of sp³-hybridized carbons (Fsp3) is 0.917. The van der Waals surface area contributed by atoms with Crippen LogP contribution in [-0.2, 0) is 4.79 Å². The van der Waals surface area contributed by atoms with E-state index < -0.39 is 0 Å². The molecule has 2 aliphatic rings. The summed E-state index contributed by atoms with van der Waals surface area (Å²) in [6.07, 6.45) is 4.48. The van der Waals surface area contributed by atoms with E-state index in [2.05, 4.69) is 24.5 Å². The first-order chi connectivity index (χ1) is 7.10. The van der Waals surface area contributed by atoms with Crippen molar-refractivity contribution >= 4 is 5.91 Å². The van der Waals surface area contributed by atoms with Gasteiger partial charge in [0, 0.05) is 13.1 Å². The maximum absolute atomic E-state index is 12.1. The Morgan fingerprint density at radius 2 is 2.13 bits per heavy atom. The molecule has 0 aromatic heterocycles. The van der Waals surface area contributed by atoms with Gasteiger partial charge in [-0.3, -0.25) is 4.79 Å². The van der Waals surface area contributed by atoms with Crippen LogP contribution in [0.3, 0.4) is 0 Å². The molecule has 1 amide bonds. The molecule has 1 unspecified atom stereocenters. The SMILES string of the molecule is CCC1(C(=O)NCC2(C)CC2)CCNC1. The molecule has 0 aromatic carbocycles. The average molecular weight is 210 g/mol. The normalized spacial score (nSPS) is 32.7. The summed E-state index contributed by atoms with van der Waals surface area (Å²) in [5.41, 5.74) is 0.294. The molecule has 1 aliphatic carbocycles. The molecular weight excluding hydrogens is 188 g/mol. The molecule has 1 aliphatic heterocycles. The van der Waals surface area contributed by atoms with E-state index in [-0.39, 0.29) is 11.3 Å². The third-order valence-corrected chi connectivity index (χ3v) is 4.18. The average Bonchev–Trinajstić information content (AvgIpc) is 2.81. The maximum atomic E-state index is 12.1. The molecular formula is C12H22N2O. The zero-order valence-electron chi connectivity index (χ0n) is 9.86. The fourth-order valence-corrected chi connectivity index (χ4v) is 2.27. The molecule has 3 heteroatoms. The van der Waals surface area contributed by atoms with Gasteiger partial charge in [0.2, 0.25) is 5.91 Å². The second kappa shape index (κ2) is 3.78. The number of hydrogen-bond donors (Lipinski definition) is 2. The van der Waals surface area contributed by atoms with Crippen LogP contribution in [0.25, 0.3) is 0 Å². The van der Waals surface area contributed by atoms with E-state index >= 15 is 0 Å². The predicted molar refractivity (Wildman–Crippen MR) is 60.6 cm³/mol. The van der Waals surface area contributed by atoms with Crippen molar-refractivity contribution in [3.05, 3.63) is 0 Å². The van der Waals surface area contributed by atoms with Crippen molar-refractivity contribution in [3.63, 3.8) is 0 Å². The van der Waals surface area contributed by atoms with Crippen molar-refractivity contribution in [2.75, 3.05) is 19.6 Å². The van der Waals surface area contributed by atoms with Crippen LogP contribution in [0.15, 0.2) is 0 Å². The van der Waals surface area contributed by atoms with Gasteiger partial charge < -0.3 is 10.6 Å². The minimum atomic E-state index is -0.120. The summed E-state index contributed by atoms with van der Waals surface area (Å²) in [4.78, 5) is 12.1. The molecule has 1 saturated carbocycles. The van der Waals surface area contributed by atoms with Gasteiger partial charge in [-0.05, 0) is 37.6 Å². The Labute approximate surface area is 92.0 Å². The summed E-state index contributed by atoms with van der Waals surface area (Å²) in [7, 11) is 0. The van der Waals surface area contributed by atoms with Gasteiger partial charge in [-0.1, -0.05) is 13.8 Å². The van der Waals surface area contributed by atoms with Gasteiger partial charge >= 0.3 is 0 Å². The molecule has 0 aromatic rings. The molecule has 2 N–H and O–H groups in total. The largest absolute Gasteiger partial charge is 0.355 e. The number of hydrogen-bond acceptors (Lipinski definition) is 2. The second-order valence-corrected chi connectivity index (χ2v) is 5.55. The molecule has 0 spiro atoms. The van der Waals surface area contributed by atoms with E-state index in [0.29, 0.717) is 5.41 Å². The Hall–Kier alpha value is -0.570. The van der Waals surface area contributed by atoms with Crippen LogP contribution in [0.5, 0.6) is 0 Å². The Bertz CT molecular complexity index is 252. The van der Waals surface area contributed by atoms with E-state index in [1.54, 1.807) is 0 Å². The standard InChI is InChI=1S/C12H22N2O/c1-3-12(6-7-13-9-12)10(15)14-8-11(2)4-5-11/h13H,3-9H2,1-2H3,(H,14,15). The van der Waals surface area contributed by atoms with Gasteiger partial charge in [-0.25, -0.2) is 0 Å². The summed E-state index contributed by atoms with van der Waals surface area (Å²) >= 11 is 0. The van der Waals surface area contributed by atoms with Crippen molar-refractivity contribution in [1.29, 1.82) is 0 Å². The smallest absolute Gasteiger partial charge is 0.227 e. The molecule has 3 nitrogen and oxygen atoms in total. The van der Waals surface area contributed by atoms with Gasteiger partial charge in [0.15, 0.2) is 0 Å². The Morgan fingerprint density at radius 1 is 1.40 bits per heavy atom. The van der Waals surface area contributed by atoms with E-state index in [1.165, 1.54) is 12.8 Å². The number of carbonyl (C=O) groups is 1. The van der Waals surface area contributed by atoms with Crippen LogP contribution in [0.2, 0.25) is 0 Å². The molecule has 0 radical (unpaired) electrons. The highest BCUT2D eigenvalue weighted by Crippen LogP contribution is 2.44. The van der Waals surface area contributed by atoms with Crippen LogP contribution in [0.1, 0.15) is 39.5 Å². The quantitative estimate of drug-likeness (QED) is 0.734. The van der Waals surface area contributed by atoms with Crippen LogP contribution in [0, 0.1) is 10.8 Å². The first kappa shape index (κ1) is 10.9. The summed E-state index contributed by atoms with van der Waals surface area (Å²) < 4.78 is 0. The van der Waals surface area contributed by atoms with Gasteiger partial charge in [0.05, 0.1) is 5.41 Å². The lowest BCUT2D eigenvalue weighted by molar-refractivity contribution is -0.130. The van der Waals surface area contributed by atoms with Gasteiger partial charge in [0.25, 0.3) is 0 Å². The summed E-state index contributed by atoms with van der Waals surface area (Å²) in [5.74, 6) is 0.267. The molecule has 2 fully saturated rings. The van der Waals surface area contributed by atoms with Gasteiger partial charge in [-0.15, -0.1) is 0 Å². The van der Waals surface area contributed by atoms with Crippen LogP contribution >= 0.6 is 0 Å². The number of nitrogens with one attached hydrogen (secondary N) is 2. The van der Waals surface area contributed by atoms with Crippen molar-refractivity contribution in [2.24, 2.45) is 10.8 Å². The highest BCUT2D eigenvalue weighted by molar-refractivity contribution is 5.83. The fourth-order valence-electron chi connectivity index (χ4n) is 2.27. The van der Waals surface area contributed by atoms with Crippen molar-refractivity contribution in [1.82, 2.24) is 10.6 Å². The van der Waals surface area contributed by atoms with Gasteiger partial charge in [0.1, 0.15) is 0 Å². The Balaban J connectivity index is 1.87. The van der Waals surface area contributed by atoms with Crippen LogP contribution in [0.4, 0.5) is 0 Å². The summed E-state index contributed by atoms with van der Waals surface area (Å²) in [6, 6.07) is 0. The monoisotopic (exact) mass is 210 g/mol. The third kappa shape index (κ3) is 2.17. The predicted octanol–water partition coefficient (Wildman–Crippen LogP) is 1.29. The third-order valence-electron chi connectivity index (χ3n) is 4.18.